The van der Waals surface area contributed by atoms with Crippen LogP contribution in [-0.4, -0.2) is 11.9 Å². The number of rotatable bonds is 4. The average Bonchev–Trinajstić information content (AvgIpc) is 2.82. The SMILES string of the molecule is N=C(Nc1ccccc1)Nc1ccccc1.N=C(Nc1ccccc1)Nc1ccccc1. The molecule has 0 radical (unpaired) electrons. The number of nitrogens with one attached hydrogen (secondary N) is 6. The van der Waals surface area contributed by atoms with Gasteiger partial charge in [0.15, 0.2) is 11.9 Å². The molecule has 0 aromatic heterocycles. The fourth-order valence-electron chi connectivity index (χ4n) is 2.73. The van der Waals surface area contributed by atoms with E-state index in [1.54, 1.807) is 0 Å². The third-order valence-corrected chi connectivity index (χ3v) is 4.17. The van der Waals surface area contributed by atoms with Crippen molar-refractivity contribution in [3.05, 3.63) is 121 Å². The number of anilines is 4. The van der Waals surface area contributed by atoms with E-state index in [1.165, 1.54) is 0 Å². The average molecular weight is 423 g/mol. The first-order chi connectivity index (χ1) is 15.7. The Morgan fingerprint density at radius 1 is 0.344 bits per heavy atom. The number of hydrogen-bond donors (Lipinski definition) is 6. The van der Waals surface area contributed by atoms with Gasteiger partial charge in [0.2, 0.25) is 0 Å². The van der Waals surface area contributed by atoms with Crippen LogP contribution in [0.15, 0.2) is 121 Å². The van der Waals surface area contributed by atoms with E-state index in [1.807, 2.05) is 121 Å². The van der Waals surface area contributed by atoms with Gasteiger partial charge in [0.25, 0.3) is 0 Å². The van der Waals surface area contributed by atoms with Gasteiger partial charge in [-0.25, -0.2) is 0 Å². The molecule has 0 saturated heterocycles. The van der Waals surface area contributed by atoms with Crippen molar-refractivity contribution in [3.63, 3.8) is 0 Å². The zero-order valence-electron chi connectivity index (χ0n) is 17.5. The van der Waals surface area contributed by atoms with Crippen molar-refractivity contribution in [2.45, 2.75) is 0 Å². The molecule has 0 aliphatic rings. The van der Waals surface area contributed by atoms with Gasteiger partial charge in [0.1, 0.15) is 0 Å². The molecule has 6 N–H and O–H groups in total. The van der Waals surface area contributed by atoms with Gasteiger partial charge in [0, 0.05) is 22.7 Å². The maximum atomic E-state index is 7.74. The van der Waals surface area contributed by atoms with Crippen molar-refractivity contribution < 1.29 is 0 Å². The van der Waals surface area contributed by atoms with Crippen LogP contribution in [0, 0.1) is 10.8 Å². The first-order valence-corrected chi connectivity index (χ1v) is 10.1. The van der Waals surface area contributed by atoms with Crippen molar-refractivity contribution >= 4 is 34.7 Å². The van der Waals surface area contributed by atoms with E-state index in [4.69, 9.17) is 10.8 Å². The summed E-state index contributed by atoms with van der Waals surface area (Å²) >= 11 is 0. The van der Waals surface area contributed by atoms with E-state index in [0.717, 1.165) is 22.7 Å². The summed E-state index contributed by atoms with van der Waals surface area (Å²) in [6.07, 6.45) is 0. The standard InChI is InChI=1S/2C13H13N3/c2*14-13(15-11-7-3-1-4-8-11)16-12-9-5-2-6-10-12/h2*1-10H,(H3,14,15,16). The second kappa shape index (κ2) is 12.2. The minimum Gasteiger partial charge on any atom is -0.326 e. The first-order valence-electron chi connectivity index (χ1n) is 10.1. The van der Waals surface area contributed by atoms with Crippen molar-refractivity contribution in [2.24, 2.45) is 0 Å². The monoisotopic (exact) mass is 422 g/mol. The molecule has 0 bridgehead atoms. The van der Waals surface area contributed by atoms with Gasteiger partial charge in [0.05, 0.1) is 0 Å². The maximum Gasteiger partial charge on any atom is 0.197 e. The minimum absolute atomic E-state index is 0.261. The molecule has 0 heterocycles. The lowest BCUT2D eigenvalue weighted by atomic mass is 10.3. The number of hydrogen-bond acceptors (Lipinski definition) is 2. The van der Waals surface area contributed by atoms with Crippen LogP contribution in [0.4, 0.5) is 22.7 Å². The molecule has 4 rings (SSSR count). The molecule has 0 atom stereocenters. The van der Waals surface area contributed by atoms with E-state index in [9.17, 15) is 0 Å². The highest BCUT2D eigenvalue weighted by Crippen LogP contribution is 2.09. The third kappa shape index (κ3) is 8.04. The van der Waals surface area contributed by atoms with Gasteiger partial charge >= 0.3 is 0 Å². The van der Waals surface area contributed by atoms with Crippen LogP contribution in [0.25, 0.3) is 0 Å². The van der Waals surface area contributed by atoms with Gasteiger partial charge in [-0.15, -0.1) is 0 Å². The highest BCUT2D eigenvalue weighted by molar-refractivity contribution is 6.02. The van der Waals surface area contributed by atoms with Crippen LogP contribution in [0.3, 0.4) is 0 Å². The molecule has 160 valence electrons. The summed E-state index contributed by atoms with van der Waals surface area (Å²) in [6, 6.07) is 38.5. The van der Waals surface area contributed by atoms with Crippen molar-refractivity contribution in [2.75, 3.05) is 21.3 Å². The molecule has 0 aliphatic heterocycles. The van der Waals surface area contributed by atoms with E-state index < -0.39 is 0 Å². The van der Waals surface area contributed by atoms with Crippen LogP contribution < -0.4 is 21.3 Å². The summed E-state index contributed by atoms with van der Waals surface area (Å²) in [5.41, 5.74) is 3.60. The Labute approximate surface area is 188 Å². The molecule has 0 aliphatic carbocycles. The van der Waals surface area contributed by atoms with E-state index in [-0.39, 0.29) is 11.9 Å². The Balaban J connectivity index is 0.000000181. The number of guanidine groups is 2. The predicted octanol–water partition coefficient (Wildman–Crippen LogP) is 6.29. The molecule has 0 amide bonds. The van der Waals surface area contributed by atoms with Crippen LogP contribution in [0.5, 0.6) is 0 Å². The van der Waals surface area contributed by atoms with Gasteiger partial charge in [-0.1, -0.05) is 72.8 Å². The molecule has 0 spiro atoms. The predicted molar refractivity (Wildman–Crippen MR) is 136 cm³/mol. The van der Waals surface area contributed by atoms with Crippen LogP contribution in [0.1, 0.15) is 0 Å². The second-order valence-electron chi connectivity index (χ2n) is 6.71. The lowest BCUT2D eigenvalue weighted by molar-refractivity contribution is 1.43. The van der Waals surface area contributed by atoms with E-state index >= 15 is 0 Å². The van der Waals surface area contributed by atoms with Crippen molar-refractivity contribution in [3.8, 4) is 0 Å². The molecular weight excluding hydrogens is 396 g/mol. The van der Waals surface area contributed by atoms with Gasteiger partial charge < -0.3 is 21.3 Å². The van der Waals surface area contributed by atoms with Gasteiger partial charge in [-0.2, -0.15) is 0 Å². The van der Waals surface area contributed by atoms with Crippen LogP contribution in [-0.2, 0) is 0 Å². The molecule has 6 heteroatoms. The van der Waals surface area contributed by atoms with E-state index in [2.05, 4.69) is 21.3 Å². The summed E-state index contributed by atoms with van der Waals surface area (Å²) in [7, 11) is 0. The second-order valence-corrected chi connectivity index (χ2v) is 6.71. The van der Waals surface area contributed by atoms with E-state index in [0.29, 0.717) is 0 Å². The number of para-hydroxylation sites is 4. The Morgan fingerprint density at radius 2 is 0.531 bits per heavy atom. The third-order valence-electron chi connectivity index (χ3n) is 4.17. The molecule has 4 aromatic carbocycles. The van der Waals surface area contributed by atoms with Gasteiger partial charge in [-0.05, 0) is 48.5 Å². The summed E-state index contributed by atoms with van der Waals surface area (Å²) in [5.74, 6) is 0.523. The minimum atomic E-state index is 0.261. The molecule has 0 saturated carbocycles. The Bertz CT molecular complexity index is 906. The molecule has 0 fully saturated rings. The molecule has 0 unspecified atom stereocenters. The summed E-state index contributed by atoms with van der Waals surface area (Å²) < 4.78 is 0. The summed E-state index contributed by atoms with van der Waals surface area (Å²) in [4.78, 5) is 0. The fourth-order valence-corrected chi connectivity index (χ4v) is 2.73. The van der Waals surface area contributed by atoms with Crippen LogP contribution in [0.2, 0.25) is 0 Å². The van der Waals surface area contributed by atoms with Crippen molar-refractivity contribution in [1.82, 2.24) is 0 Å². The molecule has 4 aromatic rings. The van der Waals surface area contributed by atoms with Gasteiger partial charge in [-0.3, -0.25) is 10.8 Å². The Kier molecular flexibility index (Phi) is 8.43. The quantitative estimate of drug-likeness (QED) is 0.172. The molecular formula is C26H26N6. The lowest BCUT2D eigenvalue weighted by Gasteiger charge is -2.09. The van der Waals surface area contributed by atoms with Crippen molar-refractivity contribution in [1.29, 1.82) is 10.8 Å². The summed E-state index contributed by atoms with van der Waals surface area (Å²) in [5, 5.41) is 27.3. The zero-order valence-corrected chi connectivity index (χ0v) is 17.5. The number of benzene rings is 4. The highest BCUT2D eigenvalue weighted by Gasteiger charge is 1.98. The lowest BCUT2D eigenvalue weighted by Crippen LogP contribution is -2.20. The molecule has 6 nitrogen and oxygen atoms in total. The largest absolute Gasteiger partial charge is 0.326 e. The Hall–Kier alpha value is -4.58. The first kappa shape index (κ1) is 22.1. The normalized spacial score (nSPS) is 9.50. The fraction of sp³-hybridized carbons (Fsp3) is 0. The van der Waals surface area contributed by atoms with Crippen LogP contribution >= 0.6 is 0 Å². The maximum absolute atomic E-state index is 7.74. The Morgan fingerprint density at radius 3 is 0.719 bits per heavy atom. The zero-order chi connectivity index (χ0) is 22.4. The summed E-state index contributed by atoms with van der Waals surface area (Å²) in [6.45, 7) is 0. The topological polar surface area (TPSA) is 95.8 Å². The smallest absolute Gasteiger partial charge is 0.197 e. The highest BCUT2D eigenvalue weighted by atomic mass is 15.1. The molecule has 32 heavy (non-hydrogen) atoms.